The molecular formula is C33H37FN6O4. The van der Waals surface area contributed by atoms with Crippen LogP contribution in [0.1, 0.15) is 43.2 Å². The average Bonchev–Trinajstić information content (AvgIpc) is 3.04. The molecule has 3 aliphatic rings. The number of benzene rings is 2. The lowest BCUT2D eigenvalue weighted by Gasteiger charge is -2.48. The van der Waals surface area contributed by atoms with Crippen LogP contribution in [-0.4, -0.2) is 77.5 Å². The molecule has 2 aromatic carbocycles. The second-order valence-electron chi connectivity index (χ2n) is 11.6. The van der Waals surface area contributed by atoms with Crippen LogP contribution in [0.2, 0.25) is 0 Å². The molecule has 3 atom stereocenters. The van der Waals surface area contributed by atoms with E-state index < -0.39 is 11.9 Å². The molecule has 11 heteroatoms. The van der Waals surface area contributed by atoms with Gasteiger partial charge in [0.15, 0.2) is 11.6 Å². The molecule has 0 spiro atoms. The number of hydrogen-bond acceptors (Lipinski definition) is 8. The zero-order valence-corrected chi connectivity index (χ0v) is 25.6. The van der Waals surface area contributed by atoms with Crippen LogP contribution in [0.5, 0.6) is 17.2 Å². The molecule has 44 heavy (non-hydrogen) atoms. The van der Waals surface area contributed by atoms with Gasteiger partial charge in [0.2, 0.25) is 5.91 Å². The lowest BCUT2D eigenvalue weighted by atomic mass is 9.89. The topological polar surface area (TPSA) is 114 Å². The van der Waals surface area contributed by atoms with Gasteiger partial charge in [-0.05, 0) is 51.0 Å². The van der Waals surface area contributed by atoms with Crippen LogP contribution in [0.3, 0.4) is 0 Å². The zero-order valence-electron chi connectivity index (χ0n) is 25.6. The Bertz CT molecular complexity index is 1690. The molecule has 3 aliphatic heterocycles. The molecule has 230 valence electrons. The Hall–Kier alpha value is -4.64. The number of carbonyl (C=O) groups excluding carboxylic acids is 1. The number of aliphatic hydroxyl groups is 1. The zero-order chi connectivity index (χ0) is 31.4. The van der Waals surface area contributed by atoms with Crippen LogP contribution in [0.15, 0.2) is 43.1 Å². The molecule has 10 nitrogen and oxygen atoms in total. The fourth-order valence-electron chi connectivity index (χ4n) is 6.77. The Balaban J connectivity index is 1.66. The first kappa shape index (κ1) is 29.4. The van der Waals surface area contributed by atoms with Crippen molar-refractivity contribution >= 4 is 28.8 Å². The summed E-state index contributed by atoms with van der Waals surface area (Å²) in [5.41, 5.74) is 3.12. The number of pyridine rings is 1. The predicted octanol–water partition coefficient (Wildman–Crippen LogP) is 5.36. The number of anilines is 3. The standard InChI is InChI=1S/C33H37FN6O4/c1-7-24(42)39-16-20-12-14-38(5)32-18(3)25-26-21(43-6)9-8-10-22(26)44-23-11-13-36-29(19(4)41)30(23)37-31(28(25)34)27(32)33(35)40(20)15-17(39)2/h7-11,13,17,19-20,35,37,41H,1,12,14-16H2,2-6H3. The van der Waals surface area contributed by atoms with Crippen molar-refractivity contribution in [2.45, 2.75) is 45.4 Å². The number of ether oxygens (including phenoxy) is 2. The van der Waals surface area contributed by atoms with E-state index in [9.17, 15) is 15.3 Å². The number of hydrogen-bond donors (Lipinski definition) is 3. The van der Waals surface area contributed by atoms with Crippen LogP contribution >= 0.6 is 0 Å². The highest BCUT2D eigenvalue weighted by Gasteiger charge is 2.40. The Labute approximate surface area is 256 Å². The highest BCUT2D eigenvalue weighted by atomic mass is 19.1. The van der Waals surface area contributed by atoms with Gasteiger partial charge in [0.1, 0.15) is 23.0 Å². The maximum Gasteiger partial charge on any atom is 0.246 e. The molecule has 1 saturated heterocycles. The Morgan fingerprint density at radius 3 is 2.73 bits per heavy atom. The minimum atomic E-state index is -0.996. The van der Waals surface area contributed by atoms with E-state index >= 15 is 4.39 Å². The summed E-state index contributed by atoms with van der Waals surface area (Å²) in [6.07, 6.45) is 2.55. The summed E-state index contributed by atoms with van der Waals surface area (Å²) in [6.45, 7) is 10.5. The number of halogens is 1. The van der Waals surface area contributed by atoms with Crippen molar-refractivity contribution in [1.82, 2.24) is 14.8 Å². The molecule has 4 heterocycles. The van der Waals surface area contributed by atoms with Crippen LogP contribution in [0.4, 0.5) is 21.5 Å². The van der Waals surface area contributed by atoms with Gasteiger partial charge in [0, 0.05) is 56.6 Å². The largest absolute Gasteiger partial charge is 0.496 e. The van der Waals surface area contributed by atoms with E-state index in [1.54, 1.807) is 36.1 Å². The number of fused-ring (bicyclic) bond motifs is 8. The van der Waals surface area contributed by atoms with E-state index in [4.69, 9.17) is 9.47 Å². The predicted molar refractivity (Wildman–Crippen MR) is 168 cm³/mol. The van der Waals surface area contributed by atoms with Crippen LogP contribution < -0.4 is 19.7 Å². The molecule has 1 fully saturated rings. The van der Waals surface area contributed by atoms with Gasteiger partial charge >= 0.3 is 0 Å². The van der Waals surface area contributed by atoms with Gasteiger partial charge in [-0.1, -0.05) is 12.6 Å². The van der Waals surface area contributed by atoms with Crippen molar-refractivity contribution in [3.05, 3.63) is 65.8 Å². The summed E-state index contributed by atoms with van der Waals surface area (Å²) >= 11 is 0. The molecule has 3 aromatic rings. The fourth-order valence-corrected chi connectivity index (χ4v) is 6.77. The molecule has 0 aliphatic carbocycles. The summed E-state index contributed by atoms with van der Waals surface area (Å²) < 4.78 is 29.5. The third kappa shape index (κ3) is 4.54. The second kappa shape index (κ2) is 11.1. The number of amides is 1. The number of amidine groups is 1. The quantitative estimate of drug-likeness (QED) is 0.270. The van der Waals surface area contributed by atoms with Gasteiger partial charge < -0.3 is 34.6 Å². The van der Waals surface area contributed by atoms with E-state index in [1.165, 1.54) is 19.4 Å². The molecule has 1 amide bonds. The third-order valence-corrected chi connectivity index (χ3v) is 8.92. The number of nitrogens with zero attached hydrogens (tertiary/aromatic N) is 4. The van der Waals surface area contributed by atoms with Crippen molar-refractivity contribution in [1.29, 1.82) is 5.41 Å². The molecule has 3 unspecified atom stereocenters. The minimum Gasteiger partial charge on any atom is -0.496 e. The molecule has 0 radical (unpaired) electrons. The maximum atomic E-state index is 17.3. The van der Waals surface area contributed by atoms with Crippen molar-refractivity contribution in [3.63, 3.8) is 0 Å². The lowest BCUT2D eigenvalue weighted by molar-refractivity contribution is -0.131. The van der Waals surface area contributed by atoms with Gasteiger partial charge in [0.25, 0.3) is 0 Å². The summed E-state index contributed by atoms with van der Waals surface area (Å²) in [5, 5.41) is 23.6. The van der Waals surface area contributed by atoms with Gasteiger partial charge in [-0.25, -0.2) is 4.39 Å². The summed E-state index contributed by atoms with van der Waals surface area (Å²) in [5.74, 6) is 0.582. The Morgan fingerprint density at radius 1 is 1.25 bits per heavy atom. The number of methoxy groups -OCH3 is 1. The SMILES string of the molecule is C=CC(=O)N1CC2CCN(C)c3c(C)c4c(F)c(c3C(=N)N2CC1C)Nc1c(ccnc1C(C)O)Oc1cccc(OC)c1-4. The van der Waals surface area contributed by atoms with E-state index in [0.29, 0.717) is 76.9 Å². The fraction of sp³-hybridized carbons (Fsp3) is 0.364. The molecule has 2 bridgehead atoms. The highest BCUT2D eigenvalue weighted by Crippen LogP contribution is 2.52. The number of aromatic nitrogens is 1. The molecule has 3 N–H and O–H groups in total. The van der Waals surface area contributed by atoms with Crippen molar-refractivity contribution in [2.24, 2.45) is 0 Å². The molecule has 0 saturated carbocycles. The van der Waals surface area contributed by atoms with Gasteiger partial charge in [-0.15, -0.1) is 0 Å². The number of carbonyl (C=O) groups is 1. The Morgan fingerprint density at radius 2 is 2.02 bits per heavy atom. The van der Waals surface area contributed by atoms with Gasteiger partial charge in [0.05, 0.1) is 41.4 Å². The van der Waals surface area contributed by atoms with Gasteiger partial charge in [-0.3, -0.25) is 15.2 Å². The number of rotatable bonds is 3. The Kier molecular flexibility index (Phi) is 7.44. The van der Waals surface area contributed by atoms with E-state index in [-0.39, 0.29) is 35.2 Å². The normalized spacial score (nSPS) is 19.7. The molecule has 1 aromatic heterocycles. The summed E-state index contributed by atoms with van der Waals surface area (Å²) in [6, 6.07) is 6.62. The van der Waals surface area contributed by atoms with E-state index in [1.807, 2.05) is 25.8 Å². The maximum absolute atomic E-state index is 17.3. The molecular weight excluding hydrogens is 563 g/mol. The minimum absolute atomic E-state index is 0.0776. The second-order valence-corrected chi connectivity index (χ2v) is 11.6. The lowest BCUT2D eigenvalue weighted by Crippen LogP contribution is -2.61. The molecule has 6 rings (SSSR count). The average molecular weight is 601 g/mol. The van der Waals surface area contributed by atoms with Crippen molar-refractivity contribution in [2.75, 3.05) is 44.0 Å². The number of nitrogens with one attached hydrogen (secondary N) is 2. The van der Waals surface area contributed by atoms with Crippen LogP contribution in [0.25, 0.3) is 11.1 Å². The van der Waals surface area contributed by atoms with E-state index in [0.717, 1.165) is 0 Å². The van der Waals surface area contributed by atoms with Crippen LogP contribution in [-0.2, 0) is 4.79 Å². The summed E-state index contributed by atoms with van der Waals surface area (Å²) in [7, 11) is 3.47. The number of aliphatic hydroxyl groups excluding tert-OH is 1. The number of piperazine rings is 1. The van der Waals surface area contributed by atoms with Crippen molar-refractivity contribution < 1.29 is 23.8 Å². The third-order valence-electron chi connectivity index (χ3n) is 8.92. The first-order chi connectivity index (χ1) is 21.1. The monoisotopic (exact) mass is 600 g/mol. The van der Waals surface area contributed by atoms with Gasteiger partial charge in [-0.2, -0.15) is 0 Å². The van der Waals surface area contributed by atoms with E-state index in [2.05, 4.69) is 21.8 Å². The van der Waals surface area contributed by atoms with Crippen LogP contribution in [0, 0.1) is 18.2 Å². The summed E-state index contributed by atoms with van der Waals surface area (Å²) in [4.78, 5) is 22.9. The first-order valence-electron chi connectivity index (χ1n) is 14.7. The highest BCUT2D eigenvalue weighted by molar-refractivity contribution is 6.10. The first-order valence-corrected chi connectivity index (χ1v) is 14.7. The van der Waals surface area contributed by atoms with Crippen molar-refractivity contribution in [3.8, 4) is 28.4 Å². The smallest absolute Gasteiger partial charge is 0.246 e.